The lowest BCUT2D eigenvalue weighted by molar-refractivity contribution is 0.444. The van der Waals surface area contributed by atoms with Crippen LogP contribution in [0.1, 0.15) is 16.7 Å². The predicted molar refractivity (Wildman–Crippen MR) is 114 cm³/mol. The molecular weight excluding hydrogens is 482 g/mol. The Morgan fingerprint density at radius 2 is 1.24 bits per heavy atom. The first-order chi connectivity index (χ1) is 13.5. The summed E-state index contributed by atoms with van der Waals surface area (Å²) >= 11 is 24.2. The molecule has 152 valence electrons. The lowest BCUT2D eigenvalue weighted by Gasteiger charge is -2.33. The molecule has 3 N–H and O–H groups in total. The predicted octanol–water partition coefficient (Wildman–Crippen LogP) is 5.89. The van der Waals surface area contributed by atoms with E-state index in [9.17, 15) is 23.2 Å². The zero-order chi connectivity index (χ0) is 21.6. The summed E-state index contributed by atoms with van der Waals surface area (Å²) < 4.78 is 34.0. The van der Waals surface area contributed by atoms with E-state index in [-0.39, 0.29) is 26.7 Å². The highest BCUT2D eigenvalue weighted by molar-refractivity contribution is 7.87. The zero-order valence-electron chi connectivity index (χ0n) is 14.3. The maximum atomic E-state index is 13.0. The van der Waals surface area contributed by atoms with Gasteiger partial charge in [0.05, 0.1) is 5.02 Å². The molecule has 5 nitrogen and oxygen atoms in total. The first kappa shape index (κ1) is 22.0. The van der Waals surface area contributed by atoms with Gasteiger partial charge in [-0.3, -0.25) is 4.55 Å². The topological polar surface area (TPSA) is 94.8 Å². The highest BCUT2D eigenvalue weighted by atomic mass is 35.5. The second-order valence-electron chi connectivity index (χ2n) is 6.10. The van der Waals surface area contributed by atoms with Crippen LogP contribution in [0.2, 0.25) is 20.1 Å². The van der Waals surface area contributed by atoms with Gasteiger partial charge in [0.2, 0.25) is 0 Å². The van der Waals surface area contributed by atoms with Gasteiger partial charge in [-0.1, -0.05) is 70.7 Å². The molecule has 10 heteroatoms. The third kappa shape index (κ3) is 3.65. The molecule has 3 rings (SSSR count). The number of halogens is 4. The number of aromatic hydroxyl groups is 2. The number of hydrogen-bond donors (Lipinski definition) is 3. The number of hydrogen-bond acceptors (Lipinski definition) is 4. The number of phenolic OH excluding ortho intramolecular Hbond substituents is 2. The van der Waals surface area contributed by atoms with E-state index < -0.39 is 36.4 Å². The van der Waals surface area contributed by atoms with E-state index >= 15 is 0 Å². The van der Waals surface area contributed by atoms with Crippen molar-refractivity contribution in [2.75, 3.05) is 0 Å². The highest BCUT2D eigenvalue weighted by Gasteiger charge is 2.50. The van der Waals surface area contributed by atoms with Crippen molar-refractivity contribution in [1.82, 2.24) is 0 Å². The molecule has 0 saturated carbocycles. The number of phenols is 2. The zero-order valence-corrected chi connectivity index (χ0v) is 18.1. The average molecular weight is 494 g/mol. The monoisotopic (exact) mass is 492 g/mol. The summed E-state index contributed by atoms with van der Waals surface area (Å²) in [7, 11) is -5.06. The van der Waals surface area contributed by atoms with Crippen LogP contribution in [-0.2, 0) is 14.9 Å². The van der Waals surface area contributed by atoms with Gasteiger partial charge < -0.3 is 10.2 Å². The highest BCUT2D eigenvalue weighted by Crippen LogP contribution is 2.52. The van der Waals surface area contributed by atoms with Crippen molar-refractivity contribution in [1.29, 1.82) is 0 Å². The van der Waals surface area contributed by atoms with Gasteiger partial charge in [-0.25, -0.2) is 0 Å². The van der Waals surface area contributed by atoms with Crippen LogP contribution >= 0.6 is 46.4 Å². The molecule has 0 fully saturated rings. The number of rotatable bonds is 4. The van der Waals surface area contributed by atoms with Crippen LogP contribution < -0.4 is 0 Å². The van der Waals surface area contributed by atoms with Crippen molar-refractivity contribution in [2.45, 2.75) is 4.75 Å². The molecule has 0 spiro atoms. The Bertz CT molecular complexity index is 1170. The van der Waals surface area contributed by atoms with Crippen molar-refractivity contribution in [3.8, 4) is 11.5 Å². The van der Waals surface area contributed by atoms with Crippen molar-refractivity contribution in [2.24, 2.45) is 0 Å². The fraction of sp³-hybridized carbons (Fsp3) is 0.0526. The second-order valence-corrected chi connectivity index (χ2v) is 9.29. The Kier molecular flexibility index (Phi) is 5.98. The Labute approximate surface area is 186 Å². The Morgan fingerprint density at radius 3 is 1.66 bits per heavy atom. The third-order valence-corrected chi connectivity index (χ3v) is 7.08. The van der Waals surface area contributed by atoms with E-state index in [0.717, 1.165) is 6.07 Å². The summed E-state index contributed by atoms with van der Waals surface area (Å²) in [6.45, 7) is 0. The van der Waals surface area contributed by atoms with Gasteiger partial charge in [-0.15, -0.1) is 0 Å². The maximum absolute atomic E-state index is 13.0. The van der Waals surface area contributed by atoms with E-state index in [1.807, 2.05) is 0 Å². The Morgan fingerprint density at radius 1 is 0.759 bits per heavy atom. The van der Waals surface area contributed by atoms with Crippen molar-refractivity contribution < 1.29 is 23.2 Å². The fourth-order valence-corrected chi connectivity index (χ4v) is 5.41. The summed E-state index contributed by atoms with van der Waals surface area (Å²) in [5.41, 5.74) is -0.346. The summed E-state index contributed by atoms with van der Waals surface area (Å²) in [5.74, 6) is -1.39. The third-order valence-electron chi connectivity index (χ3n) is 4.39. The van der Waals surface area contributed by atoms with E-state index in [1.54, 1.807) is 0 Å². The summed E-state index contributed by atoms with van der Waals surface area (Å²) in [6, 6.07) is 12.4. The van der Waals surface area contributed by atoms with Gasteiger partial charge in [0.25, 0.3) is 10.1 Å². The smallest absolute Gasteiger partial charge is 0.283 e. The molecule has 0 aromatic heterocycles. The van der Waals surface area contributed by atoms with Gasteiger partial charge in [0.15, 0.2) is 10.5 Å². The lowest BCUT2D eigenvalue weighted by atomic mass is 9.83. The Balaban J connectivity index is 2.62. The van der Waals surface area contributed by atoms with Crippen molar-refractivity contribution >= 4 is 56.5 Å². The minimum absolute atomic E-state index is 0.00205. The molecular formula is C19H12Cl4O5S. The first-order valence-electron chi connectivity index (χ1n) is 7.89. The lowest BCUT2D eigenvalue weighted by Crippen LogP contribution is -2.38. The molecule has 0 amide bonds. The van der Waals surface area contributed by atoms with Gasteiger partial charge in [0, 0.05) is 15.6 Å². The van der Waals surface area contributed by atoms with Gasteiger partial charge in [0.1, 0.15) is 10.8 Å². The molecule has 3 aromatic carbocycles. The molecule has 0 radical (unpaired) electrons. The molecule has 0 bridgehead atoms. The van der Waals surface area contributed by atoms with Gasteiger partial charge >= 0.3 is 0 Å². The van der Waals surface area contributed by atoms with Crippen LogP contribution in [0.5, 0.6) is 11.5 Å². The van der Waals surface area contributed by atoms with Crippen molar-refractivity contribution in [3.05, 3.63) is 91.4 Å². The molecule has 0 aliphatic heterocycles. The van der Waals surface area contributed by atoms with E-state index in [1.165, 1.54) is 48.5 Å². The number of benzene rings is 3. The van der Waals surface area contributed by atoms with Gasteiger partial charge in [-0.05, 0) is 41.5 Å². The van der Waals surface area contributed by atoms with E-state index in [0.29, 0.717) is 0 Å². The van der Waals surface area contributed by atoms with Crippen LogP contribution in [0.3, 0.4) is 0 Å². The largest absolute Gasteiger partial charge is 0.506 e. The molecule has 3 aromatic rings. The SMILES string of the molecule is O=S(=O)(O)C(c1cccc(Cl)c1)(c1cccc(Cl)c1)c1cc(O)c(Cl)c(O)c1Cl. The fourth-order valence-electron chi connectivity index (χ4n) is 3.19. The standard InChI is InChI=1S/C19H12Cl4O5S/c20-12-5-1-3-10(7-12)19(29(26,27)28,11-4-2-6-13(21)8-11)14-9-15(24)17(23)18(25)16(14)22/h1-9,24-25H,(H,26,27,28). The molecule has 29 heavy (non-hydrogen) atoms. The minimum Gasteiger partial charge on any atom is -0.506 e. The first-order valence-corrected chi connectivity index (χ1v) is 10.8. The van der Waals surface area contributed by atoms with E-state index in [2.05, 4.69) is 0 Å². The molecule has 0 atom stereocenters. The molecule has 0 unspecified atom stereocenters. The maximum Gasteiger partial charge on any atom is 0.283 e. The summed E-state index contributed by atoms with van der Waals surface area (Å²) in [6.07, 6.45) is 0. The molecule has 0 saturated heterocycles. The quantitative estimate of drug-likeness (QED) is 0.311. The molecule has 0 heterocycles. The second kappa shape index (κ2) is 7.87. The summed E-state index contributed by atoms with van der Waals surface area (Å²) in [4.78, 5) is 0. The minimum atomic E-state index is -5.06. The average Bonchev–Trinajstić information content (AvgIpc) is 2.64. The van der Waals surface area contributed by atoms with Crippen LogP contribution in [0.4, 0.5) is 0 Å². The van der Waals surface area contributed by atoms with Crippen LogP contribution in [0.25, 0.3) is 0 Å². The summed E-state index contributed by atoms with van der Waals surface area (Å²) in [5, 5.41) is 19.8. The Hall–Kier alpha value is -1.67. The van der Waals surface area contributed by atoms with Crippen LogP contribution in [0.15, 0.2) is 54.6 Å². The van der Waals surface area contributed by atoms with Gasteiger partial charge in [-0.2, -0.15) is 8.42 Å². The normalized spacial score (nSPS) is 12.2. The molecule has 0 aliphatic carbocycles. The van der Waals surface area contributed by atoms with E-state index in [4.69, 9.17) is 46.4 Å². The molecule has 0 aliphatic rings. The van der Waals surface area contributed by atoms with Crippen LogP contribution in [-0.4, -0.2) is 23.2 Å². The van der Waals surface area contributed by atoms with Crippen molar-refractivity contribution in [3.63, 3.8) is 0 Å². The van der Waals surface area contributed by atoms with Crippen LogP contribution in [0, 0.1) is 0 Å².